The molecule has 4 aromatic heterocycles. The highest BCUT2D eigenvalue weighted by Crippen LogP contribution is 2.39. The van der Waals surface area contributed by atoms with Crippen molar-refractivity contribution in [3.63, 3.8) is 0 Å². The Morgan fingerprint density at radius 2 is 1.71 bits per heavy atom. The Balaban J connectivity index is 1.26. The Morgan fingerprint density at radius 1 is 0.929 bits per heavy atom. The third kappa shape index (κ3) is 5.60. The average Bonchev–Trinajstić information content (AvgIpc) is 3.70. The largest absolute Gasteiger partial charge is 0.347 e. The summed E-state index contributed by atoms with van der Waals surface area (Å²) in [6.07, 6.45) is 10.0. The minimum atomic E-state index is 0.00269. The van der Waals surface area contributed by atoms with E-state index in [0.717, 1.165) is 82.3 Å². The van der Waals surface area contributed by atoms with Crippen LogP contribution in [0, 0.1) is 0 Å². The molecular formula is C31H36N10O. The molecule has 42 heavy (non-hydrogen) atoms. The van der Waals surface area contributed by atoms with E-state index in [9.17, 15) is 4.79 Å². The first-order valence-corrected chi connectivity index (χ1v) is 14.2. The van der Waals surface area contributed by atoms with Crippen LogP contribution in [-0.4, -0.2) is 89.8 Å². The van der Waals surface area contributed by atoms with E-state index >= 15 is 0 Å². The van der Waals surface area contributed by atoms with Crippen LogP contribution in [-0.2, 0) is 44.2 Å². The lowest BCUT2D eigenvalue weighted by Crippen LogP contribution is -2.26. The number of hydrogen-bond acceptors (Lipinski definition) is 7. The summed E-state index contributed by atoms with van der Waals surface area (Å²) in [6.45, 7) is 2.00. The van der Waals surface area contributed by atoms with Gasteiger partial charge in [-0.25, -0.2) is 9.97 Å². The van der Waals surface area contributed by atoms with Crippen LogP contribution < -0.4 is 0 Å². The van der Waals surface area contributed by atoms with E-state index in [1.165, 1.54) is 0 Å². The first kappa shape index (κ1) is 27.5. The highest BCUT2D eigenvalue weighted by atomic mass is 16.2. The fourth-order valence-corrected chi connectivity index (χ4v) is 5.30. The lowest BCUT2D eigenvalue weighted by molar-refractivity contribution is -0.129. The molecule has 0 N–H and O–H groups in total. The van der Waals surface area contributed by atoms with Crippen LogP contribution in [0.15, 0.2) is 55.1 Å². The van der Waals surface area contributed by atoms with E-state index in [2.05, 4.69) is 48.4 Å². The van der Waals surface area contributed by atoms with Crippen molar-refractivity contribution in [1.29, 1.82) is 0 Å². The molecule has 0 bridgehead atoms. The van der Waals surface area contributed by atoms with Gasteiger partial charge in [0.05, 0.1) is 41.9 Å². The van der Waals surface area contributed by atoms with Gasteiger partial charge in [0.15, 0.2) is 0 Å². The van der Waals surface area contributed by atoms with Gasteiger partial charge in [-0.3, -0.25) is 18.8 Å². The quantitative estimate of drug-likeness (QED) is 0.271. The predicted octanol–water partition coefficient (Wildman–Crippen LogP) is 2.94. The molecule has 1 aliphatic carbocycles. The number of nitrogens with zero attached hydrogens (tertiary/aromatic N) is 10. The number of aromatic nitrogens is 8. The zero-order valence-electron chi connectivity index (χ0n) is 24.8. The first-order chi connectivity index (χ1) is 20.2. The van der Waals surface area contributed by atoms with Crippen molar-refractivity contribution in [2.24, 2.45) is 7.05 Å². The van der Waals surface area contributed by atoms with Gasteiger partial charge in [-0.2, -0.15) is 15.3 Å². The summed E-state index contributed by atoms with van der Waals surface area (Å²) < 4.78 is 5.61. The van der Waals surface area contributed by atoms with Crippen LogP contribution >= 0.6 is 0 Å². The van der Waals surface area contributed by atoms with Crippen molar-refractivity contribution in [2.45, 2.75) is 32.4 Å². The number of aryl methyl sites for hydroxylation is 3. The highest BCUT2D eigenvalue weighted by Gasteiger charge is 2.27. The van der Waals surface area contributed by atoms with Crippen molar-refractivity contribution in [3.05, 3.63) is 77.9 Å². The van der Waals surface area contributed by atoms with Crippen LogP contribution in [0.5, 0.6) is 0 Å². The summed E-state index contributed by atoms with van der Waals surface area (Å²) in [6, 6.07) is 10.5. The molecule has 11 nitrogen and oxygen atoms in total. The van der Waals surface area contributed by atoms with Crippen molar-refractivity contribution in [3.8, 4) is 33.6 Å². The molecule has 0 spiro atoms. The van der Waals surface area contributed by atoms with Gasteiger partial charge < -0.3 is 9.80 Å². The minimum absolute atomic E-state index is 0.00269. The van der Waals surface area contributed by atoms with Gasteiger partial charge in [-0.15, -0.1) is 0 Å². The molecular weight excluding hydrogens is 528 g/mol. The molecule has 4 heterocycles. The van der Waals surface area contributed by atoms with E-state index < -0.39 is 0 Å². The molecule has 0 radical (unpaired) electrons. The predicted molar refractivity (Wildman–Crippen MR) is 161 cm³/mol. The normalized spacial score (nSPS) is 12.4. The van der Waals surface area contributed by atoms with Crippen LogP contribution in [0.4, 0.5) is 0 Å². The van der Waals surface area contributed by atoms with Crippen LogP contribution in [0.1, 0.15) is 22.8 Å². The summed E-state index contributed by atoms with van der Waals surface area (Å²) in [5.74, 6) is 0.761. The third-order valence-corrected chi connectivity index (χ3v) is 7.63. The van der Waals surface area contributed by atoms with Crippen molar-refractivity contribution >= 4 is 5.91 Å². The van der Waals surface area contributed by atoms with Crippen LogP contribution in [0.2, 0.25) is 0 Å². The first-order valence-electron chi connectivity index (χ1n) is 14.2. The maximum absolute atomic E-state index is 12.1. The Hall–Kier alpha value is -4.64. The van der Waals surface area contributed by atoms with E-state index in [4.69, 9.17) is 20.2 Å². The molecule has 216 valence electrons. The van der Waals surface area contributed by atoms with Gasteiger partial charge in [-0.1, -0.05) is 24.3 Å². The lowest BCUT2D eigenvalue weighted by atomic mass is 9.91. The Labute approximate surface area is 245 Å². The van der Waals surface area contributed by atoms with Gasteiger partial charge in [0, 0.05) is 63.0 Å². The smallest absolute Gasteiger partial charge is 0.243 e. The van der Waals surface area contributed by atoms with Gasteiger partial charge in [0.1, 0.15) is 12.4 Å². The maximum atomic E-state index is 12.1. The molecule has 5 aromatic rings. The van der Waals surface area contributed by atoms with E-state index in [0.29, 0.717) is 6.42 Å². The number of likely N-dealkylation sites (N-methyl/N-ethyl adjacent to an activating group) is 2. The second kappa shape index (κ2) is 11.3. The summed E-state index contributed by atoms with van der Waals surface area (Å²) in [5.41, 5.74) is 9.33. The fraction of sp³-hybridized carbons (Fsp3) is 0.355. The van der Waals surface area contributed by atoms with E-state index in [-0.39, 0.29) is 12.5 Å². The molecule has 0 fully saturated rings. The molecule has 1 aliphatic rings. The molecule has 0 aliphatic heterocycles. The topological polar surface area (TPSA) is 103 Å². The minimum Gasteiger partial charge on any atom is -0.347 e. The fourth-order valence-electron chi connectivity index (χ4n) is 5.30. The number of carbonyl (C=O) groups excluding carboxylic acids is 1. The van der Waals surface area contributed by atoms with Crippen molar-refractivity contribution in [2.75, 3.05) is 34.7 Å². The Kier molecular flexibility index (Phi) is 7.42. The molecule has 0 unspecified atom stereocenters. The third-order valence-electron chi connectivity index (χ3n) is 7.63. The Morgan fingerprint density at radius 3 is 2.48 bits per heavy atom. The standard InChI is InChI=1S/C31H36N10O/c1-37(2)14-15-40-13-12-25(35-40)16-27-32-17-23-10-11-26-29(30(23)34-27)31(39(5)36-26)22-8-6-21(7-9-22)24-18-33-41(19-24)20-28(42)38(3)4/h6-9,12-13,17-19H,10-11,14-16,20H2,1-5H3. The molecule has 1 amide bonds. The van der Waals surface area contributed by atoms with E-state index in [1.54, 1.807) is 29.9 Å². The van der Waals surface area contributed by atoms with Crippen molar-refractivity contribution < 1.29 is 4.79 Å². The summed E-state index contributed by atoms with van der Waals surface area (Å²) in [4.78, 5) is 25.6. The molecule has 0 saturated carbocycles. The number of rotatable bonds is 9. The van der Waals surface area contributed by atoms with Crippen molar-refractivity contribution in [1.82, 2.24) is 49.1 Å². The maximum Gasteiger partial charge on any atom is 0.243 e. The molecule has 1 aromatic carbocycles. The summed E-state index contributed by atoms with van der Waals surface area (Å²) in [5, 5.41) is 14.0. The zero-order valence-corrected chi connectivity index (χ0v) is 24.8. The van der Waals surface area contributed by atoms with Crippen LogP contribution in [0.3, 0.4) is 0 Å². The number of hydrogen-bond donors (Lipinski definition) is 0. The SMILES string of the molecule is CN(C)CCn1ccc(Cc2ncc3c(n2)-c2c(nn(C)c2-c2ccc(-c4cnn(CC(=O)N(C)C)c4)cc2)CC3)n1. The van der Waals surface area contributed by atoms with Gasteiger partial charge in [-0.05, 0) is 44.1 Å². The number of carbonyl (C=O) groups is 1. The van der Waals surface area contributed by atoms with Gasteiger partial charge in [0.2, 0.25) is 5.91 Å². The average molecular weight is 565 g/mol. The second-order valence-corrected chi connectivity index (χ2v) is 11.3. The number of fused-ring (bicyclic) bond motifs is 3. The molecule has 11 heteroatoms. The number of amides is 1. The second-order valence-electron chi connectivity index (χ2n) is 11.3. The van der Waals surface area contributed by atoms with Crippen LogP contribution in [0.25, 0.3) is 33.6 Å². The Bertz CT molecular complexity index is 1720. The lowest BCUT2D eigenvalue weighted by Gasteiger charge is -2.16. The highest BCUT2D eigenvalue weighted by molar-refractivity contribution is 5.84. The van der Waals surface area contributed by atoms with Gasteiger partial charge >= 0.3 is 0 Å². The van der Waals surface area contributed by atoms with E-state index in [1.807, 2.05) is 41.1 Å². The molecule has 6 rings (SSSR count). The zero-order chi connectivity index (χ0) is 29.4. The summed E-state index contributed by atoms with van der Waals surface area (Å²) in [7, 11) is 9.62. The monoisotopic (exact) mass is 564 g/mol. The summed E-state index contributed by atoms with van der Waals surface area (Å²) >= 11 is 0. The molecule has 0 atom stereocenters. The van der Waals surface area contributed by atoms with Gasteiger partial charge in [0.25, 0.3) is 0 Å². The number of benzene rings is 1. The molecule has 0 saturated heterocycles.